The van der Waals surface area contributed by atoms with Gasteiger partial charge in [-0.3, -0.25) is 5.84 Å². The normalized spacial score (nSPS) is 12.5. The van der Waals surface area contributed by atoms with E-state index in [1.165, 1.54) is 6.07 Å². The van der Waals surface area contributed by atoms with Gasteiger partial charge in [-0.15, -0.1) is 0 Å². The molecule has 0 aliphatic carbocycles. The number of halogens is 4. The van der Waals surface area contributed by atoms with Gasteiger partial charge < -0.3 is 0 Å². The maximum atomic E-state index is 14.0. The van der Waals surface area contributed by atoms with E-state index in [0.717, 1.165) is 0 Å². The zero-order chi connectivity index (χ0) is 14.0. The molecule has 2 rings (SSSR count). The van der Waals surface area contributed by atoms with E-state index in [4.69, 9.17) is 29.0 Å². The number of nitrogens with one attached hydrogen (secondary N) is 1. The minimum Gasteiger partial charge on any atom is -0.271 e. The van der Waals surface area contributed by atoms with Crippen molar-refractivity contribution in [3.05, 3.63) is 67.9 Å². The molecule has 6 heteroatoms. The molecule has 0 saturated carbocycles. The number of hydrazine groups is 1. The number of hydrogen-bond acceptors (Lipinski definition) is 2. The van der Waals surface area contributed by atoms with Crippen LogP contribution < -0.4 is 11.3 Å². The molecule has 0 saturated heterocycles. The fourth-order valence-corrected chi connectivity index (χ4v) is 2.58. The Labute approximate surface area is 128 Å². The van der Waals surface area contributed by atoms with Crippen LogP contribution in [-0.4, -0.2) is 0 Å². The van der Waals surface area contributed by atoms with E-state index in [9.17, 15) is 4.39 Å². The van der Waals surface area contributed by atoms with Crippen molar-refractivity contribution in [1.29, 1.82) is 0 Å². The standard InChI is InChI=1S/C13H10BrCl2FN2/c14-7-4-5-8(11(17)6-7)13(19-18)9-2-1-3-10(15)12(9)16/h1-6,13,19H,18H2. The van der Waals surface area contributed by atoms with E-state index in [0.29, 0.717) is 25.6 Å². The Kier molecular flexibility index (Phi) is 4.81. The predicted molar refractivity (Wildman–Crippen MR) is 79.7 cm³/mol. The Morgan fingerprint density at radius 1 is 1.16 bits per heavy atom. The van der Waals surface area contributed by atoms with Crippen molar-refractivity contribution in [3.8, 4) is 0 Å². The Balaban J connectivity index is 2.53. The summed E-state index contributed by atoms with van der Waals surface area (Å²) in [7, 11) is 0. The second-order valence-corrected chi connectivity index (χ2v) is 5.61. The van der Waals surface area contributed by atoms with Crippen molar-refractivity contribution in [2.45, 2.75) is 6.04 Å². The molecule has 2 nitrogen and oxygen atoms in total. The molecule has 0 bridgehead atoms. The van der Waals surface area contributed by atoms with Crippen LogP contribution >= 0.6 is 39.1 Å². The van der Waals surface area contributed by atoms with Gasteiger partial charge in [-0.25, -0.2) is 9.82 Å². The highest BCUT2D eigenvalue weighted by molar-refractivity contribution is 9.10. The lowest BCUT2D eigenvalue weighted by molar-refractivity contribution is 0.559. The summed E-state index contributed by atoms with van der Waals surface area (Å²) in [5, 5.41) is 0.756. The van der Waals surface area contributed by atoms with Crippen LogP contribution in [0.3, 0.4) is 0 Å². The molecule has 1 unspecified atom stereocenters. The Morgan fingerprint density at radius 2 is 1.89 bits per heavy atom. The van der Waals surface area contributed by atoms with E-state index < -0.39 is 6.04 Å². The second-order valence-electron chi connectivity index (χ2n) is 3.91. The van der Waals surface area contributed by atoms with Crippen LogP contribution in [0, 0.1) is 5.82 Å². The molecule has 3 N–H and O–H groups in total. The number of benzene rings is 2. The molecule has 0 amide bonds. The van der Waals surface area contributed by atoms with Gasteiger partial charge in [-0.1, -0.05) is 57.3 Å². The van der Waals surface area contributed by atoms with Crippen LogP contribution in [0.2, 0.25) is 10.0 Å². The summed E-state index contributed by atoms with van der Waals surface area (Å²) < 4.78 is 14.7. The van der Waals surface area contributed by atoms with E-state index in [1.54, 1.807) is 30.3 Å². The Bertz CT molecular complexity index is 607. The van der Waals surface area contributed by atoms with Gasteiger partial charge in [-0.05, 0) is 23.8 Å². The average molecular weight is 364 g/mol. The summed E-state index contributed by atoms with van der Waals surface area (Å²) in [4.78, 5) is 0. The molecule has 19 heavy (non-hydrogen) atoms. The fraction of sp³-hybridized carbons (Fsp3) is 0.0769. The van der Waals surface area contributed by atoms with Crippen molar-refractivity contribution >= 4 is 39.1 Å². The lowest BCUT2D eigenvalue weighted by Gasteiger charge is -2.19. The summed E-state index contributed by atoms with van der Waals surface area (Å²) in [6.07, 6.45) is 0. The molecule has 0 fully saturated rings. The molecule has 2 aromatic carbocycles. The first-order chi connectivity index (χ1) is 9.04. The van der Waals surface area contributed by atoms with Gasteiger partial charge in [0, 0.05) is 10.0 Å². The van der Waals surface area contributed by atoms with E-state index in [-0.39, 0.29) is 5.82 Å². The summed E-state index contributed by atoms with van der Waals surface area (Å²) >= 11 is 15.3. The molecule has 0 aliphatic rings. The third-order valence-electron chi connectivity index (χ3n) is 2.73. The van der Waals surface area contributed by atoms with Gasteiger partial charge in [0.05, 0.1) is 16.1 Å². The monoisotopic (exact) mass is 362 g/mol. The molecular formula is C13H10BrCl2FN2. The lowest BCUT2D eigenvalue weighted by atomic mass is 9.99. The van der Waals surface area contributed by atoms with Crippen LogP contribution in [0.15, 0.2) is 40.9 Å². The summed E-state index contributed by atoms with van der Waals surface area (Å²) in [6, 6.07) is 9.34. The topological polar surface area (TPSA) is 38.0 Å². The number of hydrogen-bond donors (Lipinski definition) is 2. The van der Waals surface area contributed by atoms with Crippen molar-refractivity contribution in [2.75, 3.05) is 0 Å². The SMILES string of the molecule is NNC(c1ccc(Br)cc1F)c1cccc(Cl)c1Cl. The first kappa shape index (κ1) is 14.8. The largest absolute Gasteiger partial charge is 0.271 e. The van der Waals surface area contributed by atoms with Crippen molar-refractivity contribution in [3.63, 3.8) is 0 Å². The average Bonchev–Trinajstić information content (AvgIpc) is 2.37. The predicted octanol–water partition coefficient (Wildman–Crippen LogP) is 4.45. The number of nitrogens with two attached hydrogens (primary N) is 1. The molecule has 0 heterocycles. The van der Waals surface area contributed by atoms with Crippen LogP contribution in [0.1, 0.15) is 17.2 Å². The molecule has 1 atom stereocenters. The highest BCUT2D eigenvalue weighted by atomic mass is 79.9. The van der Waals surface area contributed by atoms with Crippen molar-refractivity contribution in [1.82, 2.24) is 5.43 Å². The quantitative estimate of drug-likeness (QED) is 0.624. The molecule has 2 aromatic rings. The minimum absolute atomic E-state index is 0.356. The van der Waals surface area contributed by atoms with Gasteiger partial charge in [0.2, 0.25) is 0 Å². The molecule has 0 radical (unpaired) electrons. The first-order valence-electron chi connectivity index (χ1n) is 5.39. The molecular weight excluding hydrogens is 354 g/mol. The first-order valence-corrected chi connectivity index (χ1v) is 6.94. The van der Waals surface area contributed by atoms with Gasteiger partial charge in [-0.2, -0.15) is 0 Å². The molecule has 0 aromatic heterocycles. The van der Waals surface area contributed by atoms with E-state index in [2.05, 4.69) is 21.4 Å². The van der Waals surface area contributed by atoms with Gasteiger partial charge in [0.25, 0.3) is 0 Å². The maximum Gasteiger partial charge on any atom is 0.129 e. The molecule has 0 spiro atoms. The van der Waals surface area contributed by atoms with Crippen LogP contribution in [0.25, 0.3) is 0 Å². The smallest absolute Gasteiger partial charge is 0.129 e. The Morgan fingerprint density at radius 3 is 2.53 bits per heavy atom. The summed E-state index contributed by atoms with van der Waals surface area (Å²) in [6.45, 7) is 0. The maximum absolute atomic E-state index is 14.0. The van der Waals surface area contributed by atoms with Crippen LogP contribution in [0.5, 0.6) is 0 Å². The van der Waals surface area contributed by atoms with Crippen molar-refractivity contribution in [2.24, 2.45) is 5.84 Å². The minimum atomic E-state index is -0.570. The van der Waals surface area contributed by atoms with E-state index in [1.807, 2.05) is 0 Å². The van der Waals surface area contributed by atoms with Gasteiger partial charge in [0.15, 0.2) is 0 Å². The highest BCUT2D eigenvalue weighted by Gasteiger charge is 2.20. The zero-order valence-electron chi connectivity index (χ0n) is 9.63. The van der Waals surface area contributed by atoms with Crippen LogP contribution in [-0.2, 0) is 0 Å². The molecule has 0 aliphatic heterocycles. The van der Waals surface area contributed by atoms with Gasteiger partial charge in [0.1, 0.15) is 5.82 Å². The third-order valence-corrected chi connectivity index (χ3v) is 4.06. The number of rotatable bonds is 3. The Hall–Kier alpha value is -0.650. The van der Waals surface area contributed by atoms with Gasteiger partial charge >= 0.3 is 0 Å². The van der Waals surface area contributed by atoms with Crippen LogP contribution in [0.4, 0.5) is 4.39 Å². The third kappa shape index (κ3) is 3.09. The lowest BCUT2D eigenvalue weighted by Crippen LogP contribution is -2.29. The molecule has 100 valence electrons. The van der Waals surface area contributed by atoms with E-state index >= 15 is 0 Å². The summed E-state index contributed by atoms with van der Waals surface area (Å²) in [5.74, 6) is 5.15. The zero-order valence-corrected chi connectivity index (χ0v) is 12.7. The second kappa shape index (κ2) is 6.20. The fourth-order valence-electron chi connectivity index (χ4n) is 1.83. The van der Waals surface area contributed by atoms with Crippen molar-refractivity contribution < 1.29 is 4.39 Å². The summed E-state index contributed by atoms with van der Waals surface area (Å²) in [5.41, 5.74) is 3.59. The highest BCUT2D eigenvalue weighted by Crippen LogP contribution is 2.34.